The van der Waals surface area contributed by atoms with Crippen LogP contribution in [0.25, 0.3) is 11.3 Å². The van der Waals surface area contributed by atoms with Crippen molar-refractivity contribution in [1.82, 2.24) is 15.1 Å². The first-order valence-electron chi connectivity index (χ1n) is 7.60. The van der Waals surface area contributed by atoms with Gasteiger partial charge in [-0.05, 0) is 18.6 Å². The lowest BCUT2D eigenvalue weighted by molar-refractivity contribution is 0.0736. The van der Waals surface area contributed by atoms with Crippen LogP contribution < -0.4 is 0 Å². The molecule has 23 heavy (non-hydrogen) atoms. The number of aromatic nitrogens is 2. The number of aromatic amines is 1. The number of nitrogens with one attached hydrogen (secondary N) is 1. The van der Waals surface area contributed by atoms with Gasteiger partial charge in [0.25, 0.3) is 5.91 Å². The van der Waals surface area contributed by atoms with Gasteiger partial charge >= 0.3 is 0 Å². The van der Waals surface area contributed by atoms with Crippen LogP contribution >= 0.6 is 0 Å². The molecule has 4 nitrogen and oxygen atoms in total. The molecule has 2 aromatic carbocycles. The molecule has 3 aromatic rings. The minimum atomic E-state index is -0.0731. The molecule has 1 atom stereocenters. The lowest BCUT2D eigenvalue weighted by atomic mass is 10.1. The van der Waals surface area contributed by atoms with Gasteiger partial charge in [0, 0.05) is 12.6 Å². The topological polar surface area (TPSA) is 49.0 Å². The second-order valence-corrected chi connectivity index (χ2v) is 5.54. The van der Waals surface area contributed by atoms with Crippen molar-refractivity contribution >= 4 is 5.91 Å². The average molecular weight is 305 g/mol. The molecular formula is C19H19N3O. The van der Waals surface area contributed by atoms with Gasteiger partial charge in [0.1, 0.15) is 5.69 Å². The maximum Gasteiger partial charge on any atom is 0.272 e. The van der Waals surface area contributed by atoms with Crippen molar-refractivity contribution in [2.75, 3.05) is 7.05 Å². The first-order valence-corrected chi connectivity index (χ1v) is 7.60. The minimum absolute atomic E-state index is 0.00725. The quantitative estimate of drug-likeness (QED) is 0.794. The number of nitrogens with zero attached hydrogens (tertiary/aromatic N) is 2. The highest BCUT2D eigenvalue weighted by atomic mass is 16.2. The van der Waals surface area contributed by atoms with Gasteiger partial charge < -0.3 is 4.90 Å². The molecule has 0 unspecified atom stereocenters. The molecule has 0 radical (unpaired) electrons. The molecule has 0 aliphatic heterocycles. The Labute approximate surface area is 135 Å². The van der Waals surface area contributed by atoms with Crippen LogP contribution in [0.4, 0.5) is 0 Å². The number of carbonyl (C=O) groups excluding carboxylic acids is 1. The lowest BCUT2D eigenvalue weighted by Gasteiger charge is -2.24. The molecule has 0 fully saturated rings. The van der Waals surface area contributed by atoms with E-state index in [0.29, 0.717) is 5.69 Å². The number of rotatable bonds is 4. The van der Waals surface area contributed by atoms with Crippen LogP contribution in [0.1, 0.15) is 29.0 Å². The molecule has 1 amide bonds. The number of H-pyrrole nitrogens is 1. The van der Waals surface area contributed by atoms with Crippen LogP contribution in [-0.2, 0) is 0 Å². The predicted octanol–water partition coefficient (Wildman–Crippen LogP) is 3.91. The van der Waals surface area contributed by atoms with E-state index >= 15 is 0 Å². The third kappa shape index (κ3) is 3.16. The van der Waals surface area contributed by atoms with Gasteiger partial charge in [-0.15, -0.1) is 0 Å². The largest absolute Gasteiger partial charge is 0.334 e. The third-order valence-corrected chi connectivity index (χ3v) is 4.06. The van der Waals surface area contributed by atoms with Crippen molar-refractivity contribution in [3.63, 3.8) is 0 Å². The van der Waals surface area contributed by atoms with E-state index in [9.17, 15) is 4.79 Å². The molecule has 0 spiro atoms. The smallest absolute Gasteiger partial charge is 0.272 e. The predicted molar refractivity (Wildman–Crippen MR) is 91.0 cm³/mol. The Morgan fingerprint density at radius 3 is 2.30 bits per heavy atom. The zero-order valence-corrected chi connectivity index (χ0v) is 13.2. The first kappa shape index (κ1) is 15.0. The fourth-order valence-corrected chi connectivity index (χ4v) is 2.51. The Morgan fingerprint density at radius 1 is 1.04 bits per heavy atom. The molecule has 0 bridgehead atoms. The van der Waals surface area contributed by atoms with Crippen LogP contribution in [0.5, 0.6) is 0 Å². The van der Waals surface area contributed by atoms with Gasteiger partial charge in [-0.2, -0.15) is 5.10 Å². The molecule has 0 aliphatic carbocycles. The van der Waals surface area contributed by atoms with E-state index in [0.717, 1.165) is 16.8 Å². The van der Waals surface area contributed by atoms with E-state index < -0.39 is 0 Å². The lowest BCUT2D eigenvalue weighted by Crippen LogP contribution is -2.29. The zero-order valence-electron chi connectivity index (χ0n) is 13.2. The molecule has 4 heteroatoms. The van der Waals surface area contributed by atoms with Crippen LogP contribution in [0.3, 0.4) is 0 Å². The van der Waals surface area contributed by atoms with Gasteiger partial charge in [-0.1, -0.05) is 60.7 Å². The summed E-state index contributed by atoms with van der Waals surface area (Å²) in [6.45, 7) is 2.02. The fourth-order valence-electron chi connectivity index (χ4n) is 2.51. The third-order valence-electron chi connectivity index (χ3n) is 4.06. The second kappa shape index (κ2) is 6.48. The summed E-state index contributed by atoms with van der Waals surface area (Å²) in [5.74, 6) is -0.0731. The van der Waals surface area contributed by atoms with E-state index in [1.54, 1.807) is 11.0 Å². The van der Waals surface area contributed by atoms with Crippen LogP contribution in [0, 0.1) is 0 Å². The molecule has 3 rings (SSSR count). The van der Waals surface area contributed by atoms with Crippen molar-refractivity contribution in [1.29, 1.82) is 0 Å². The zero-order chi connectivity index (χ0) is 16.2. The SMILES string of the molecule is C[C@@H](c1ccccc1)N(C)C(=O)c1cc(-c2ccccc2)n[nH]1. The van der Waals surface area contributed by atoms with E-state index in [-0.39, 0.29) is 11.9 Å². The minimum Gasteiger partial charge on any atom is -0.334 e. The number of hydrogen-bond donors (Lipinski definition) is 1. The summed E-state index contributed by atoms with van der Waals surface area (Å²) in [5.41, 5.74) is 3.36. The summed E-state index contributed by atoms with van der Waals surface area (Å²) >= 11 is 0. The van der Waals surface area contributed by atoms with Gasteiger partial charge in [0.2, 0.25) is 0 Å². The van der Waals surface area contributed by atoms with Gasteiger partial charge in [-0.3, -0.25) is 9.89 Å². The number of carbonyl (C=O) groups is 1. The summed E-state index contributed by atoms with van der Waals surface area (Å²) in [7, 11) is 1.81. The molecule has 0 saturated heterocycles. The molecule has 1 aromatic heterocycles. The Hall–Kier alpha value is -2.88. The van der Waals surface area contributed by atoms with Crippen molar-refractivity contribution in [2.24, 2.45) is 0 Å². The van der Waals surface area contributed by atoms with Crippen molar-refractivity contribution in [3.05, 3.63) is 78.0 Å². The van der Waals surface area contributed by atoms with Crippen LogP contribution in [0.15, 0.2) is 66.7 Å². The maximum absolute atomic E-state index is 12.7. The summed E-state index contributed by atoms with van der Waals surface area (Å²) in [6, 6.07) is 21.6. The average Bonchev–Trinajstić information content (AvgIpc) is 3.11. The first-order chi connectivity index (χ1) is 11.2. The van der Waals surface area contributed by atoms with Gasteiger partial charge in [-0.25, -0.2) is 0 Å². The van der Waals surface area contributed by atoms with Crippen LogP contribution in [0.2, 0.25) is 0 Å². The highest BCUT2D eigenvalue weighted by molar-refractivity contribution is 5.93. The van der Waals surface area contributed by atoms with E-state index in [2.05, 4.69) is 10.2 Å². The van der Waals surface area contributed by atoms with Crippen LogP contribution in [-0.4, -0.2) is 28.1 Å². The Morgan fingerprint density at radius 2 is 1.65 bits per heavy atom. The van der Waals surface area contributed by atoms with E-state index in [1.165, 1.54) is 0 Å². The van der Waals surface area contributed by atoms with Crippen molar-refractivity contribution in [3.8, 4) is 11.3 Å². The van der Waals surface area contributed by atoms with Crippen molar-refractivity contribution in [2.45, 2.75) is 13.0 Å². The highest BCUT2D eigenvalue weighted by Gasteiger charge is 2.20. The molecule has 0 aliphatic rings. The summed E-state index contributed by atoms with van der Waals surface area (Å²) in [6.07, 6.45) is 0. The Balaban J connectivity index is 1.79. The summed E-state index contributed by atoms with van der Waals surface area (Å²) in [4.78, 5) is 14.4. The Kier molecular flexibility index (Phi) is 4.24. The van der Waals surface area contributed by atoms with Crippen molar-refractivity contribution < 1.29 is 4.79 Å². The summed E-state index contributed by atoms with van der Waals surface area (Å²) < 4.78 is 0. The van der Waals surface area contributed by atoms with E-state index in [1.807, 2.05) is 74.6 Å². The Bertz CT molecular complexity index is 781. The molecule has 116 valence electrons. The number of hydrogen-bond acceptors (Lipinski definition) is 2. The molecule has 0 saturated carbocycles. The van der Waals surface area contributed by atoms with Gasteiger partial charge in [0.05, 0.1) is 11.7 Å². The molecular weight excluding hydrogens is 286 g/mol. The molecule has 1 N–H and O–H groups in total. The number of benzene rings is 2. The normalized spacial score (nSPS) is 11.9. The molecule has 1 heterocycles. The van der Waals surface area contributed by atoms with Gasteiger partial charge in [0.15, 0.2) is 0 Å². The standard InChI is InChI=1S/C19H19N3O/c1-14(15-9-5-3-6-10-15)22(2)19(23)18-13-17(20-21-18)16-11-7-4-8-12-16/h3-14H,1-2H3,(H,20,21)/t14-/m0/s1. The highest BCUT2D eigenvalue weighted by Crippen LogP contribution is 2.22. The second-order valence-electron chi connectivity index (χ2n) is 5.54. The number of amides is 1. The summed E-state index contributed by atoms with van der Waals surface area (Å²) in [5, 5.41) is 7.10. The monoisotopic (exact) mass is 305 g/mol. The van der Waals surface area contributed by atoms with E-state index in [4.69, 9.17) is 0 Å². The maximum atomic E-state index is 12.7. The fraction of sp³-hybridized carbons (Fsp3) is 0.158.